The van der Waals surface area contributed by atoms with Crippen molar-refractivity contribution in [2.24, 2.45) is 0 Å². The van der Waals surface area contributed by atoms with E-state index in [0.29, 0.717) is 49.7 Å². The van der Waals surface area contributed by atoms with Crippen LogP contribution in [0.5, 0.6) is 0 Å². The largest absolute Gasteiger partial charge is 0.377 e. The quantitative estimate of drug-likeness (QED) is 0.699. The zero-order valence-corrected chi connectivity index (χ0v) is 18.4. The van der Waals surface area contributed by atoms with Crippen LogP contribution < -0.4 is 9.62 Å². The number of nitrogens with one attached hydrogen (secondary N) is 1. The molecule has 0 spiro atoms. The molecular formula is C22H25N5O4S. The number of rotatable bonds is 6. The standard InChI is InChI=1S/C22H25N5O4S/c23-15-18-5-2-8-24-21(18)26-9-11-27(12-10-26)22(28)17-4-1-7-20(14-17)32(29,30)25-16-19-6-3-13-31-19/h1-2,4-5,7-8,14,19,25H,3,6,9-13,16H2. The zero-order valence-electron chi connectivity index (χ0n) is 17.6. The molecule has 3 heterocycles. The molecule has 2 saturated heterocycles. The molecule has 1 amide bonds. The van der Waals surface area contributed by atoms with Gasteiger partial charge >= 0.3 is 0 Å². The highest BCUT2D eigenvalue weighted by Crippen LogP contribution is 2.20. The summed E-state index contributed by atoms with van der Waals surface area (Å²) in [6, 6.07) is 11.7. The van der Waals surface area contributed by atoms with Crippen LogP contribution in [0.3, 0.4) is 0 Å². The summed E-state index contributed by atoms with van der Waals surface area (Å²) in [5.41, 5.74) is 0.828. The fraction of sp³-hybridized carbons (Fsp3) is 0.409. The molecule has 2 aliphatic heterocycles. The van der Waals surface area contributed by atoms with Crippen molar-refractivity contribution < 1.29 is 17.9 Å². The van der Waals surface area contributed by atoms with E-state index in [9.17, 15) is 18.5 Å². The van der Waals surface area contributed by atoms with Gasteiger partial charge < -0.3 is 14.5 Å². The van der Waals surface area contributed by atoms with E-state index in [4.69, 9.17) is 4.74 Å². The first kappa shape index (κ1) is 22.2. The molecule has 9 nitrogen and oxygen atoms in total. The fourth-order valence-corrected chi connectivity index (χ4v) is 5.04. The molecule has 10 heteroatoms. The summed E-state index contributed by atoms with van der Waals surface area (Å²) in [7, 11) is -3.73. The van der Waals surface area contributed by atoms with E-state index in [-0.39, 0.29) is 23.5 Å². The summed E-state index contributed by atoms with van der Waals surface area (Å²) in [5.74, 6) is 0.398. The Kier molecular flexibility index (Phi) is 6.69. The molecule has 4 rings (SSSR count). The molecule has 2 fully saturated rings. The van der Waals surface area contributed by atoms with Crippen LogP contribution in [0, 0.1) is 11.3 Å². The van der Waals surface area contributed by atoms with E-state index >= 15 is 0 Å². The summed E-state index contributed by atoms with van der Waals surface area (Å²) in [5, 5.41) is 9.29. The molecule has 2 aromatic rings. The van der Waals surface area contributed by atoms with Gasteiger partial charge in [-0.05, 0) is 43.2 Å². The van der Waals surface area contributed by atoms with Crippen molar-refractivity contribution in [2.45, 2.75) is 23.8 Å². The van der Waals surface area contributed by atoms with Crippen LogP contribution >= 0.6 is 0 Å². The maximum absolute atomic E-state index is 13.0. The van der Waals surface area contributed by atoms with Crippen LogP contribution in [0.4, 0.5) is 5.82 Å². The summed E-state index contributed by atoms with van der Waals surface area (Å²) >= 11 is 0. The van der Waals surface area contributed by atoms with Crippen LogP contribution in [-0.2, 0) is 14.8 Å². The second-order valence-corrected chi connectivity index (χ2v) is 9.55. The van der Waals surface area contributed by atoms with Gasteiger partial charge in [0.05, 0.1) is 16.6 Å². The van der Waals surface area contributed by atoms with E-state index in [1.165, 1.54) is 12.1 Å². The number of anilines is 1. The van der Waals surface area contributed by atoms with Gasteiger partial charge in [0.1, 0.15) is 11.9 Å². The number of piperazine rings is 1. The SMILES string of the molecule is N#Cc1cccnc1N1CCN(C(=O)c2cccc(S(=O)(=O)NCC3CCCO3)c2)CC1. The fourth-order valence-electron chi connectivity index (χ4n) is 3.93. The lowest BCUT2D eigenvalue weighted by atomic mass is 10.1. The summed E-state index contributed by atoms with van der Waals surface area (Å²) in [6.07, 6.45) is 3.31. The maximum atomic E-state index is 13.0. The second kappa shape index (κ2) is 9.65. The highest BCUT2D eigenvalue weighted by atomic mass is 32.2. The molecule has 32 heavy (non-hydrogen) atoms. The van der Waals surface area contributed by atoms with E-state index in [2.05, 4.69) is 15.8 Å². The van der Waals surface area contributed by atoms with E-state index in [1.807, 2.05) is 4.90 Å². The van der Waals surface area contributed by atoms with Crippen molar-refractivity contribution in [3.63, 3.8) is 0 Å². The molecule has 1 aromatic heterocycles. The summed E-state index contributed by atoms with van der Waals surface area (Å²) in [4.78, 5) is 21.1. The van der Waals surface area contributed by atoms with Gasteiger partial charge in [-0.25, -0.2) is 18.1 Å². The van der Waals surface area contributed by atoms with Crippen molar-refractivity contribution >= 4 is 21.7 Å². The number of carbonyl (C=O) groups excluding carboxylic acids is 1. The van der Waals surface area contributed by atoms with Gasteiger partial charge in [0, 0.05) is 51.1 Å². The van der Waals surface area contributed by atoms with Crippen molar-refractivity contribution in [1.82, 2.24) is 14.6 Å². The van der Waals surface area contributed by atoms with Gasteiger partial charge in [0.25, 0.3) is 5.91 Å². The molecule has 168 valence electrons. The molecule has 0 aliphatic carbocycles. The van der Waals surface area contributed by atoms with E-state index in [1.54, 1.807) is 35.4 Å². The first-order valence-electron chi connectivity index (χ1n) is 10.6. The highest BCUT2D eigenvalue weighted by molar-refractivity contribution is 7.89. The number of hydrogen-bond acceptors (Lipinski definition) is 7. The smallest absolute Gasteiger partial charge is 0.254 e. The first-order chi connectivity index (χ1) is 15.5. The minimum absolute atomic E-state index is 0.0622. The van der Waals surface area contributed by atoms with Crippen molar-refractivity contribution in [3.05, 3.63) is 53.7 Å². The first-order valence-corrected chi connectivity index (χ1v) is 12.1. The molecule has 0 radical (unpaired) electrons. The molecule has 1 N–H and O–H groups in total. The Morgan fingerprint density at radius 2 is 2.03 bits per heavy atom. The number of nitrogens with zero attached hydrogens (tertiary/aromatic N) is 4. The van der Waals surface area contributed by atoms with E-state index in [0.717, 1.165) is 12.8 Å². The number of nitriles is 1. The van der Waals surface area contributed by atoms with Crippen LogP contribution in [0.15, 0.2) is 47.5 Å². The third kappa shape index (κ3) is 4.91. The van der Waals surface area contributed by atoms with E-state index < -0.39 is 10.0 Å². The van der Waals surface area contributed by atoms with Gasteiger partial charge in [-0.3, -0.25) is 4.79 Å². The topological polar surface area (TPSA) is 116 Å². The number of aromatic nitrogens is 1. The predicted molar refractivity (Wildman–Crippen MR) is 118 cm³/mol. The van der Waals surface area contributed by atoms with Crippen LogP contribution in [0.2, 0.25) is 0 Å². The van der Waals surface area contributed by atoms with Gasteiger partial charge in [-0.2, -0.15) is 5.26 Å². The van der Waals surface area contributed by atoms with Crippen molar-refractivity contribution in [2.75, 3.05) is 44.2 Å². The number of ether oxygens (including phenoxy) is 1. The molecule has 2 aliphatic rings. The average molecular weight is 456 g/mol. The number of hydrogen-bond donors (Lipinski definition) is 1. The van der Waals surface area contributed by atoms with Crippen molar-refractivity contribution in [3.8, 4) is 6.07 Å². The molecule has 0 bridgehead atoms. The Labute approximate surface area is 187 Å². The molecule has 0 saturated carbocycles. The van der Waals surface area contributed by atoms with Crippen LogP contribution in [-0.4, -0.2) is 69.6 Å². The number of pyridine rings is 1. The Morgan fingerprint density at radius 3 is 2.75 bits per heavy atom. The van der Waals surface area contributed by atoms with Crippen LogP contribution in [0.1, 0.15) is 28.8 Å². The highest BCUT2D eigenvalue weighted by Gasteiger charge is 2.26. The Hall–Kier alpha value is -3.00. The monoisotopic (exact) mass is 455 g/mol. The molecule has 1 unspecified atom stereocenters. The maximum Gasteiger partial charge on any atom is 0.254 e. The Bertz CT molecular complexity index is 1120. The number of benzene rings is 1. The normalized spacial score (nSPS) is 19.0. The lowest BCUT2D eigenvalue weighted by Crippen LogP contribution is -2.49. The van der Waals surface area contributed by atoms with Gasteiger partial charge in [-0.1, -0.05) is 6.07 Å². The summed E-state index contributed by atoms with van der Waals surface area (Å²) in [6.45, 7) is 2.86. The van der Waals surface area contributed by atoms with Gasteiger partial charge in [-0.15, -0.1) is 0 Å². The lowest BCUT2D eigenvalue weighted by Gasteiger charge is -2.35. The average Bonchev–Trinajstić information content (AvgIpc) is 3.36. The van der Waals surface area contributed by atoms with Crippen molar-refractivity contribution in [1.29, 1.82) is 5.26 Å². The van der Waals surface area contributed by atoms with Gasteiger partial charge in [0.15, 0.2) is 0 Å². The van der Waals surface area contributed by atoms with Crippen LogP contribution in [0.25, 0.3) is 0 Å². The number of amides is 1. The number of sulfonamides is 1. The third-order valence-corrected chi connectivity index (χ3v) is 7.11. The van der Waals surface area contributed by atoms with Gasteiger partial charge in [0.2, 0.25) is 10.0 Å². The predicted octanol–water partition coefficient (Wildman–Crippen LogP) is 1.37. The number of carbonyl (C=O) groups is 1. The molecule has 1 aromatic carbocycles. The minimum atomic E-state index is -3.73. The Balaban J connectivity index is 1.40. The minimum Gasteiger partial charge on any atom is -0.377 e. The summed E-state index contributed by atoms with van der Waals surface area (Å²) < 4.78 is 33.4. The third-order valence-electron chi connectivity index (χ3n) is 5.69. The molecular weight excluding hydrogens is 430 g/mol. The second-order valence-electron chi connectivity index (χ2n) is 7.78. The zero-order chi connectivity index (χ0) is 22.6. The Morgan fingerprint density at radius 1 is 1.22 bits per heavy atom. The molecule has 1 atom stereocenters. The lowest BCUT2D eigenvalue weighted by molar-refractivity contribution is 0.0746.